The van der Waals surface area contributed by atoms with E-state index < -0.39 is 17.8 Å². The maximum Gasteiger partial charge on any atom is 0.259 e. The van der Waals surface area contributed by atoms with Gasteiger partial charge >= 0.3 is 0 Å². The molecule has 14 nitrogen and oxygen atoms in total. The molecule has 3 heterocycles. The van der Waals surface area contributed by atoms with Gasteiger partial charge in [0.15, 0.2) is 22.9 Å². The van der Waals surface area contributed by atoms with Crippen molar-refractivity contribution >= 4 is 52.2 Å². The van der Waals surface area contributed by atoms with Crippen molar-refractivity contribution in [1.29, 1.82) is 0 Å². The molecule has 0 radical (unpaired) electrons. The largest absolute Gasteiger partial charge is 0.488 e. The van der Waals surface area contributed by atoms with Gasteiger partial charge in [-0.3, -0.25) is 19.3 Å². The number of hydrogen-bond donors (Lipinski definition) is 5. The van der Waals surface area contributed by atoms with Crippen molar-refractivity contribution < 1.29 is 38.1 Å². The number of thiazole rings is 1. The number of ether oxygens (including phenoxy) is 2. The van der Waals surface area contributed by atoms with Gasteiger partial charge in [0.05, 0.1) is 29.8 Å². The number of nitrogens with zero attached hydrogens (tertiary/aromatic N) is 3. The molecule has 3 unspecified atom stereocenters. The number of aliphatic hydroxyl groups excluding tert-OH is 1. The highest BCUT2D eigenvalue weighted by Crippen LogP contribution is 2.44. The van der Waals surface area contributed by atoms with E-state index in [1.807, 2.05) is 61.5 Å². The lowest BCUT2D eigenvalue weighted by molar-refractivity contribution is -0.116. The number of hydrogen-bond acceptors (Lipinski definition) is 13. The van der Waals surface area contributed by atoms with Crippen molar-refractivity contribution in [2.75, 3.05) is 37.0 Å². The van der Waals surface area contributed by atoms with Crippen LogP contribution in [-0.2, 0) is 16.0 Å². The molecule has 2 aliphatic rings. The zero-order chi connectivity index (χ0) is 46.0. The van der Waals surface area contributed by atoms with Crippen molar-refractivity contribution in [2.24, 2.45) is 11.6 Å². The average Bonchev–Trinajstić information content (AvgIpc) is 3.83. The van der Waals surface area contributed by atoms with Crippen molar-refractivity contribution in [1.82, 2.24) is 15.3 Å². The molecule has 16 heteroatoms. The van der Waals surface area contributed by atoms with E-state index in [2.05, 4.69) is 15.6 Å². The van der Waals surface area contributed by atoms with Crippen LogP contribution in [-0.4, -0.2) is 66.3 Å². The second kappa shape index (κ2) is 22.1. The molecular weight excluding hydrogens is 862 g/mol. The number of aliphatic hydroxyl groups is 1. The number of amides is 2. The Morgan fingerprint density at radius 1 is 1.02 bits per heavy atom. The summed E-state index contributed by atoms with van der Waals surface area (Å²) in [6, 6.07) is 28.9. The fourth-order valence-corrected chi connectivity index (χ4v) is 8.53. The van der Waals surface area contributed by atoms with Gasteiger partial charge in [-0.15, -0.1) is 11.3 Å². The van der Waals surface area contributed by atoms with Gasteiger partial charge in [0.1, 0.15) is 24.5 Å². The van der Waals surface area contributed by atoms with E-state index in [9.17, 15) is 23.6 Å². The molecule has 1 aromatic heterocycles. The average molecular weight is 914 g/mol. The standard InChI is InChI=1S/C48H44FN7O6S.CH4O.CH4/c1-29-9-11-30(12-10-29)46-39(28-58)36-7-2-3-8-37(36)47(60)56(46)34-6-4-5-32(21-34)41(50)26-55(51)18-19-61-43-22-31-15-16-52-42(25-45(59)54-48-53-17-20-63-48)38(31)24-44(43)62-35-14-13-33(27-57)40(49)23-35;1-2;/h2-14,17,20-24,26-28,39,42,46,52H,15-16,18-19,25,50-51H2,1H3,(H,53,54,59);2H,1H3;1H4/b41-26-;;. The lowest BCUT2D eigenvalue weighted by Crippen LogP contribution is -2.43. The highest BCUT2D eigenvalue weighted by atomic mass is 32.1. The van der Waals surface area contributed by atoms with Gasteiger partial charge in [0.2, 0.25) is 5.91 Å². The molecule has 0 saturated carbocycles. The van der Waals surface area contributed by atoms with Crippen LogP contribution in [0.2, 0.25) is 0 Å². The Labute approximate surface area is 386 Å². The number of carbonyl (C=O) groups is 4. The summed E-state index contributed by atoms with van der Waals surface area (Å²) in [5, 5.41) is 16.9. The summed E-state index contributed by atoms with van der Waals surface area (Å²) in [7, 11) is 1.00. The quantitative estimate of drug-likeness (QED) is 0.0380. The number of rotatable bonds is 15. The van der Waals surface area contributed by atoms with Crippen LogP contribution in [0.3, 0.4) is 0 Å². The SMILES string of the molecule is C.CO.Cc1ccc(C2C(C=O)c3ccccc3C(=O)N2c2cccc(/C(N)=C/N(N)CCOc3cc4c(cc3Oc3ccc(C=O)c(F)c3)C(CC(=O)Nc3nccs3)NCC4)c2)cc1. The molecule has 2 aliphatic heterocycles. The predicted octanol–water partition coefficient (Wildman–Crippen LogP) is 7.85. The summed E-state index contributed by atoms with van der Waals surface area (Å²) in [6.45, 7) is 2.86. The Morgan fingerprint density at radius 3 is 2.53 bits per heavy atom. The highest BCUT2D eigenvalue weighted by Gasteiger charge is 2.41. The number of fused-ring (bicyclic) bond motifs is 2. The third-order valence-electron chi connectivity index (χ3n) is 11.1. The van der Waals surface area contributed by atoms with Gasteiger partial charge in [-0.25, -0.2) is 15.2 Å². The molecule has 0 aliphatic carbocycles. The Balaban J connectivity index is 0.00000237. The molecule has 5 aromatic carbocycles. The Morgan fingerprint density at radius 2 is 1.80 bits per heavy atom. The Bertz CT molecular complexity index is 2700. The molecule has 342 valence electrons. The first kappa shape index (κ1) is 48.2. The third kappa shape index (κ3) is 10.8. The van der Waals surface area contributed by atoms with Crippen molar-refractivity contribution in [2.45, 2.75) is 45.2 Å². The minimum Gasteiger partial charge on any atom is -0.488 e. The van der Waals surface area contributed by atoms with Gasteiger partial charge in [0, 0.05) is 60.2 Å². The van der Waals surface area contributed by atoms with Crippen LogP contribution in [0.25, 0.3) is 5.70 Å². The molecule has 3 atom stereocenters. The van der Waals surface area contributed by atoms with Crippen LogP contribution in [0.15, 0.2) is 121 Å². The molecule has 8 rings (SSSR count). The number of halogens is 1. The smallest absolute Gasteiger partial charge is 0.259 e. The fourth-order valence-electron chi connectivity index (χ4n) is 7.99. The summed E-state index contributed by atoms with van der Waals surface area (Å²) in [6.07, 6.45) is 5.29. The van der Waals surface area contributed by atoms with Gasteiger partial charge in [-0.1, -0.05) is 67.6 Å². The van der Waals surface area contributed by atoms with Crippen molar-refractivity contribution in [3.05, 3.63) is 171 Å². The molecule has 66 heavy (non-hydrogen) atoms. The zero-order valence-corrected chi connectivity index (χ0v) is 36.5. The number of benzene rings is 5. The first-order chi connectivity index (χ1) is 31.6. The third-order valence-corrected chi connectivity index (χ3v) is 11.8. The Kier molecular flexibility index (Phi) is 16.1. The summed E-state index contributed by atoms with van der Waals surface area (Å²) in [5.41, 5.74) is 12.8. The molecule has 6 aromatic rings. The van der Waals surface area contributed by atoms with E-state index in [0.717, 1.165) is 41.7 Å². The number of aryl methyl sites for hydroxylation is 1. The molecule has 0 saturated heterocycles. The van der Waals surface area contributed by atoms with E-state index in [1.54, 1.807) is 53.0 Å². The molecule has 0 spiro atoms. The van der Waals surface area contributed by atoms with E-state index in [-0.39, 0.29) is 61.9 Å². The number of hydrazine groups is 1. The van der Waals surface area contributed by atoms with E-state index >= 15 is 0 Å². The molecular formula is C50H52FN7O7S. The highest BCUT2D eigenvalue weighted by molar-refractivity contribution is 7.13. The second-order valence-corrected chi connectivity index (χ2v) is 16.1. The van der Waals surface area contributed by atoms with Crippen LogP contribution in [0.4, 0.5) is 15.2 Å². The first-order valence-corrected chi connectivity index (χ1v) is 21.6. The monoisotopic (exact) mass is 913 g/mol. The predicted molar refractivity (Wildman–Crippen MR) is 254 cm³/mol. The van der Waals surface area contributed by atoms with Gasteiger partial charge in [-0.05, 0) is 84.6 Å². The summed E-state index contributed by atoms with van der Waals surface area (Å²) in [5.74, 6) is 5.44. The van der Waals surface area contributed by atoms with E-state index in [1.165, 1.54) is 28.5 Å². The molecule has 2 amide bonds. The number of aromatic nitrogens is 1. The zero-order valence-electron chi connectivity index (χ0n) is 35.6. The molecule has 0 fully saturated rings. The van der Waals surface area contributed by atoms with E-state index in [0.29, 0.717) is 58.2 Å². The number of anilines is 2. The number of aldehydes is 2. The number of nitrogens with one attached hydrogen (secondary N) is 2. The molecule has 7 N–H and O–H groups in total. The fraction of sp³-hybridized carbons (Fsp3) is 0.220. The lowest BCUT2D eigenvalue weighted by Gasteiger charge is -2.40. The summed E-state index contributed by atoms with van der Waals surface area (Å²) >= 11 is 1.33. The minimum absolute atomic E-state index is 0. The van der Waals surface area contributed by atoms with E-state index in [4.69, 9.17) is 26.2 Å². The topological polar surface area (TPSA) is 202 Å². The number of carbonyl (C=O) groups excluding carboxylic acids is 4. The first-order valence-electron chi connectivity index (χ1n) is 20.7. The number of nitrogens with two attached hydrogens (primary N) is 2. The van der Waals surface area contributed by atoms with Crippen molar-refractivity contribution in [3.8, 4) is 17.2 Å². The maximum absolute atomic E-state index is 14.7. The van der Waals surface area contributed by atoms with Crippen molar-refractivity contribution in [3.63, 3.8) is 0 Å². The van der Waals surface area contributed by atoms with Crippen LogP contribution in [0.5, 0.6) is 17.2 Å². The minimum atomic E-state index is -0.737. The second-order valence-electron chi connectivity index (χ2n) is 15.2. The van der Waals surface area contributed by atoms with Gasteiger partial charge in [0.25, 0.3) is 5.91 Å². The maximum atomic E-state index is 14.7. The van der Waals surface area contributed by atoms with Crippen LogP contribution < -0.4 is 36.6 Å². The van der Waals surface area contributed by atoms with Crippen LogP contribution in [0, 0.1) is 12.7 Å². The summed E-state index contributed by atoms with van der Waals surface area (Å²) < 4.78 is 27.1. The van der Waals surface area contributed by atoms with Crippen LogP contribution in [0.1, 0.15) is 85.9 Å². The Hall–Kier alpha value is -7.24. The molecule has 0 bridgehead atoms. The lowest BCUT2D eigenvalue weighted by atomic mass is 9.80. The normalized spacial score (nSPS) is 16.3. The summed E-state index contributed by atoms with van der Waals surface area (Å²) in [4.78, 5) is 57.1. The van der Waals surface area contributed by atoms with Gasteiger partial charge in [-0.2, -0.15) is 0 Å². The van der Waals surface area contributed by atoms with Gasteiger partial charge < -0.3 is 40.8 Å². The van der Waals surface area contributed by atoms with Crippen LogP contribution >= 0.6 is 11.3 Å².